The van der Waals surface area contributed by atoms with Crippen LogP contribution in [0.15, 0.2) is 53.4 Å². The second kappa shape index (κ2) is 7.50. The third-order valence-corrected chi connectivity index (χ3v) is 5.16. The summed E-state index contributed by atoms with van der Waals surface area (Å²) in [6.07, 6.45) is -4.99. The van der Waals surface area contributed by atoms with Gasteiger partial charge in [-0.25, -0.2) is 13.6 Å². The highest BCUT2D eigenvalue weighted by Crippen LogP contribution is 2.45. The largest absolute Gasteiger partial charge is 0.432 e. The van der Waals surface area contributed by atoms with E-state index in [2.05, 4.69) is 15.0 Å². The van der Waals surface area contributed by atoms with Gasteiger partial charge in [-0.05, 0) is 36.8 Å². The molecule has 1 atom stereocenters. The van der Waals surface area contributed by atoms with Gasteiger partial charge < -0.3 is 5.32 Å². The van der Waals surface area contributed by atoms with Crippen molar-refractivity contribution < 1.29 is 22.0 Å². The van der Waals surface area contributed by atoms with Gasteiger partial charge in [0, 0.05) is 22.7 Å². The Labute approximate surface area is 178 Å². The van der Waals surface area contributed by atoms with Crippen LogP contribution in [0.3, 0.4) is 0 Å². The molecule has 2 aromatic carbocycles. The maximum atomic E-state index is 14.5. The normalized spacial score (nSPS) is 16.7. The fraction of sp³-hybridized carbons (Fsp3) is 0.136. The second-order valence-electron chi connectivity index (χ2n) is 7.08. The molecule has 0 radical (unpaired) electrons. The third-order valence-electron chi connectivity index (χ3n) is 5.16. The average molecular weight is 441 g/mol. The number of alkyl halides is 3. The number of nitriles is 1. The van der Waals surface area contributed by atoms with E-state index in [1.54, 1.807) is 25.1 Å². The SMILES string of the molecule is [C-]#[N+]C1=C(c2ccc(F)cc2F)NC(C(F)(F)F)=C(C#N)C1c1ccc2n[nH]c(C)c2c1. The van der Waals surface area contributed by atoms with Crippen molar-refractivity contribution in [2.24, 2.45) is 0 Å². The fourth-order valence-electron chi connectivity index (χ4n) is 3.70. The van der Waals surface area contributed by atoms with Crippen LogP contribution in [0.25, 0.3) is 21.4 Å². The molecule has 0 saturated heterocycles. The van der Waals surface area contributed by atoms with Crippen molar-refractivity contribution in [2.75, 3.05) is 0 Å². The van der Waals surface area contributed by atoms with Crippen LogP contribution in [0.1, 0.15) is 22.7 Å². The van der Waals surface area contributed by atoms with Gasteiger partial charge in [0.2, 0.25) is 5.70 Å². The van der Waals surface area contributed by atoms with Gasteiger partial charge in [-0.2, -0.15) is 23.5 Å². The van der Waals surface area contributed by atoms with Crippen molar-refractivity contribution in [2.45, 2.75) is 19.0 Å². The smallest absolute Gasteiger partial charge is 0.360 e. The number of aryl methyl sites for hydroxylation is 1. The molecule has 2 heterocycles. The van der Waals surface area contributed by atoms with Gasteiger partial charge in [-0.3, -0.25) is 5.10 Å². The molecule has 1 aliphatic heterocycles. The number of nitrogens with one attached hydrogen (secondary N) is 2. The van der Waals surface area contributed by atoms with Crippen LogP contribution in [0.4, 0.5) is 22.0 Å². The molecular weight excluding hydrogens is 429 g/mol. The molecule has 10 heteroatoms. The first-order valence-electron chi connectivity index (χ1n) is 9.16. The fourth-order valence-corrected chi connectivity index (χ4v) is 3.70. The maximum Gasteiger partial charge on any atom is 0.432 e. The van der Waals surface area contributed by atoms with Crippen molar-refractivity contribution in [3.63, 3.8) is 0 Å². The second-order valence-corrected chi connectivity index (χ2v) is 7.08. The number of fused-ring (bicyclic) bond motifs is 1. The Hall–Kier alpha value is -4.18. The van der Waals surface area contributed by atoms with E-state index in [1.165, 1.54) is 6.07 Å². The van der Waals surface area contributed by atoms with Gasteiger partial charge in [0.15, 0.2) is 0 Å². The highest BCUT2D eigenvalue weighted by atomic mass is 19.4. The van der Waals surface area contributed by atoms with Crippen LogP contribution in [0, 0.1) is 36.5 Å². The Kier molecular flexibility index (Phi) is 4.94. The van der Waals surface area contributed by atoms with E-state index in [0.29, 0.717) is 22.7 Å². The first-order valence-corrected chi connectivity index (χ1v) is 9.16. The predicted molar refractivity (Wildman–Crippen MR) is 105 cm³/mol. The number of nitrogens with zero attached hydrogens (tertiary/aromatic N) is 3. The van der Waals surface area contributed by atoms with Crippen molar-refractivity contribution in [3.8, 4) is 6.07 Å². The molecule has 0 amide bonds. The van der Waals surface area contributed by atoms with Crippen LogP contribution >= 0.6 is 0 Å². The molecule has 0 saturated carbocycles. The Morgan fingerprint density at radius 1 is 1.16 bits per heavy atom. The van der Waals surface area contributed by atoms with E-state index >= 15 is 0 Å². The molecule has 5 nitrogen and oxygen atoms in total. The zero-order valence-corrected chi connectivity index (χ0v) is 16.3. The molecule has 0 spiro atoms. The predicted octanol–water partition coefficient (Wildman–Crippen LogP) is 5.46. The summed E-state index contributed by atoms with van der Waals surface area (Å²) < 4.78 is 69.5. The number of aromatic nitrogens is 2. The highest BCUT2D eigenvalue weighted by molar-refractivity contribution is 5.83. The van der Waals surface area contributed by atoms with Crippen molar-refractivity contribution in [1.29, 1.82) is 5.26 Å². The van der Waals surface area contributed by atoms with Gasteiger partial charge in [-0.1, -0.05) is 6.07 Å². The van der Waals surface area contributed by atoms with E-state index in [9.17, 15) is 27.2 Å². The number of rotatable bonds is 2. The topological polar surface area (TPSA) is 68.9 Å². The molecule has 4 rings (SSSR count). The van der Waals surface area contributed by atoms with Crippen molar-refractivity contribution in [1.82, 2.24) is 15.5 Å². The summed E-state index contributed by atoms with van der Waals surface area (Å²) in [6, 6.07) is 8.47. The number of dihydropyridines is 1. The molecule has 1 aromatic heterocycles. The van der Waals surface area contributed by atoms with Crippen LogP contribution < -0.4 is 5.32 Å². The lowest BCUT2D eigenvalue weighted by molar-refractivity contribution is -0.0962. The average Bonchev–Trinajstić information content (AvgIpc) is 3.11. The third kappa shape index (κ3) is 3.36. The summed E-state index contributed by atoms with van der Waals surface area (Å²) in [5.74, 6) is -3.49. The van der Waals surface area contributed by atoms with E-state index in [4.69, 9.17) is 6.57 Å². The number of benzene rings is 2. The quantitative estimate of drug-likeness (QED) is 0.410. The van der Waals surface area contributed by atoms with E-state index < -0.39 is 46.3 Å². The minimum atomic E-state index is -4.99. The molecule has 0 aliphatic carbocycles. The van der Waals surface area contributed by atoms with Gasteiger partial charge in [0.25, 0.3) is 0 Å². The van der Waals surface area contributed by atoms with Crippen LogP contribution in [0.2, 0.25) is 0 Å². The monoisotopic (exact) mass is 441 g/mol. The summed E-state index contributed by atoms with van der Waals surface area (Å²) >= 11 is 0. The minimum Gasteiger partial charge on any atom is -0.360 e. The first-order chi connectivity index (χ1) is 15.2. The standard InChI is InChI=1S/C22H12F5N5/c1-10-14-7-11(3-6-17(14)32-31-10)18-15(9-28)21(22(25,26)27)30-19(20(18)29-2)13-5-4-12(23)8-16(13)24/h3-8,18,30H,1H3,(H,31,32). The van der Waals surface area contributed by atoms with Crippen LogP contribution in [-0.4, -0.2) is 16.4 Å². The minimum absolute atomic E-state index is 0.229. The van der Waals surface area contributed by atoms with Gasteiger partial charge >= 0.3 is 6.18 Å². The molecule has 2 N–H and O–H groups in total. The number of hydrogen-bond acceptors (Lipinski definition) is 3. The number of hydrogen-bond donors (Lipinski definition) is 2. The number of H-pyrrole nitrogens is 1. The van der Waals surface area contributed by atoms with Gasteiger partial charge in [0.1, 0.15) is 17.3 Å². The zero-order valence-electron chi connectivity index (χ0n) is 16.3. The molecule has 1 unspecified atom stereocenters. The molecule has 32 heavy (non-hydrogen) atoms. The molecule has 3 aromatic rings. The van der Waals surface area contributed by atoms with Crippen molar-refractivity contribution in [3.05, 3.63) is 93.2 Å². The number of halogens is 5. The molecule has 160 valence electrons. The lowest BCUT2D eigenvalue weighted by Gasteiger charge is -2.30. The lowest BCUT2D eigenvalue weighted by Crippen LogP contribution is -2.33. The Morgan fingerprint density at radius 2 is 1.91 bits per heavy atom. The number of allylic oxidation sites excluding steroid dienone is 2. The maximum absolute atomic E-state index is 14.5. The lowest BCUT2D eigenvalue weighted by atomic mass is 9.82. The molecule has 0 fully saturated rings. The van der Waals surface area contributed by atoms with E-state index in [0.717, 1.165) is 12.1 Å². The van der Waals surface area contributed by atoms with Crippen LogP contribution in [-0.2, 0) is 0 Å². The molecule has 0 bridgehead atoms. The van der Waals surface area contributed by atoms with E-state index in [-0.39, 0.29) is 11.3 Å². The summed E-state index contributed by atoms with van der Waals surface area (Å²) in [7, 11) is 0. The molecular formula is C22H12F5N5. The summed E-state index contributed by atoms with van der Waals surface area (Å²) in [5, 5.41) is 19.1. The summed E-state index contributed by atoms with van der Waals surface area (Å²) in [4.78, 5) is 3.36. The van der Waals surface area contributed by atoms with Gasteiger partial charge in [-0.15, -0.1) is 0 Å². The first kappa shape index (κ1) is 21.1. The van der Waals surface area contributed by atoms with Gasteiger partial charge in [0.05, 0.1) is 35.3 Å². The van der Waals surface area contributed by atoms with Crippen molar-refractivity contribution >= 4 is 16.6 Å². The Bertz CT molecular complexity index is 1400. The summed E-state index contributed by atoms with van der Waals surface area (Å²) in [6.45, 7) is 9.35. The van der Waals surface area contributed by atoms with Crippen LogP contribution in [0.5, 0.6) is 0 Å². The summed E-state index contributed by atoms with van der Waals surface area (Å²) in [5.41, 5.74) is -1.91. The highest BCUT2D eigenvalue weighted by Gasteiger charge is 2.44. The number of aromatic amines is 1. The Morgan fingerprint density at radius 3 is 2.53 bits per heavy atom. The zero-order chi connectivity index (χ0) is 23.2. The van der Waals surface area contributed by atoms with E-state index in [1.807, 2.05) is 5.32 Å². The Balaban J connectivity index is 2.04. The molecule has 1 aliphatic rings.